The summed E-state index contributed by atoms with van der Waals surface area (Å²) in [6.07, 6.45) is 1.75. The maximum atomic E-state index is 11.8. The molecule has 0 spiro atoms. The zero-order valence-electron chi connectivity index (χ0n) is 13.1. The van der Waals surface area contributed by atoms with E-state index in [4.69, 9.17) is 0 Å². The van der Waals surface area contributed by atoms with Gasteiger partial charge in [0.15, 0.2) is 0 Å². The van der Waals surface area contributed by atoms with E-state index in [0.717, 1.165) is 45.7 Å². The minimum atomic E-state index is 0.201. The Bertz CT molecular complexity index is 267. The van der Waals surface area contributed by atoms with Gasteiger partial charge in [-0.3, -0.25) is 9.69 Å². The number of piperazine rings is 1. The van der Waals surface area contributed by atoms with Crippen molar-refractivity contribution in [3.63, 3.8) is 0 Å². The van der Waals surface area contributed by atoms with Gasteiger partial charge in [-0.25, -0.2) is 0 Å². The van der Waals surface area contributed by atoms with Gasteiger partial charge in [0.1, 0.15) is 0 Å². The molecular formula is C15H31N3O. The molecule has 0 aliphatic carbocycles. The Morgan fingerprint density at radius 3 is 2.53 bits per heavy atom. The highest BCUT2D eigenvalue weighted by Crippen LogP contribution is 2.25. The number of carbonyl (C=O) groups excluding carboxylic acids is 1. The fraction of sp³-hybridized carbons (Fsp3) is 0.933. The number of hydrogen-bond donors (Lipinski definition) is 2. The average molecular weight is 269 g/mol. The van der Waals surface area contributed by atoms with Crippen molar-refractivity contribution in [2.45, 2.75) is 40.5 Å². The van der Waals surface area contributed by atoms with E-state index in [1.807, 2.05) is 0 Å². The van der Waals surface area contributed by atoms with Crippen LogP contribution in [0.5, 0.6) is 0 Å². The molecule has 1 rings (SSSR count). The fourth-order valence-corrected chi connectivity index (χ4v) is 2.79. The van der Waals surface area contributed by atoms with Crippen LogP contribution in [0.2, 0.25) is 0 Å². The van der Waals surface area contributed by atoms with Gasteiger partial charge in [-0.2, -0.15) is 0 Å². The Balaban J connectivity index is 2.10. The lowest BCUT2D eigenvalue weighted by molar-refractivity contribution is -0.122. The third-order valence-corrected chi connectivity index (χ3v) is 3.45. The summed E-state index contributed by atoms with van der Waals surface area (Å²) < 4.78 is 0. The SMILES string of the molecule is CC(CC(=O)NCCN1CCNCC1)CC(C)(C)C. The molecule has 1 amide bonds. The summed E-state index contributed by atoms with van der Waals surface area (Å²) in [6.45, 7) is 14.9. The van der Waals surface area contributed by atoms with Crippen LogP contribution in [0.25, 0.3) is 0 Å². The van der Waals surface area contributed by atoms with Gasteiger partial charge in [-0.05, 0) is 17.8 Å². The average Bonchev–Trinajstić information content (AvgIpc) is 2.27. The molecule has 1 aliphatic rings. The Labute approximate surface area is 118 Å². The number of rotatable bonds is 6. The topological polar surface area (TPSA) is 44.4 Å². The number of carbonyl (C=O) groups is 1. The lowest BCUT2D eigenvalue weighted by Gasteiger charge is -2.27. The van der Waals surface area contributed by atoms with Gasteiger partial charge in [-0.1, -0.05) is 27.7 Å². The van der Waals surface area contributed by atoms with Crippen molar-refractivity contribution in [1.82, 2.24) is 15.5 Å². The van der Waals surface area contributed by atoms with Crippen molar-refractivity contribution in [2.24, 2.45) is 11.3 Å². The van der Waals surface area contributed by atoms with Crippen molar-refractivity contribution in [3.8, 4) is 0 Å². The van der Waals surface area contributed by atoms with Crippen LogP contribution in [0.4, 0.5) is 0 Å². The van der Waals surface area contributed by atoms with Crippen LogP contribution in [-0.2, 0) is 4.79 Å². The van der Waals surface area contributed by atoms with Crippen LogP contribution in [0.1, 0.15) is 40.5 Å². The zero-order chi connectivity index (χ0) is 14.3. The first-order chi connectivity index (χ1) is 8.87. The van der Waals surface area contributed by atoms with Crippen LogP contribution in [0, 0.1) is 11.3 Å². The second-order valence-corrected chi connectivity index (χ2v) is 7.02. The summed E-state index contributed by atoms with van der Waals surface area (Å²) in [5.74, 6) is 0.658. The quantitative estimate of drug-likeness (QED) is 0.767. The van der Waals surface area contributed by atoms with Crippen LogP contribution in [0.15, 0.2) is 0 Å². The monoisotopic (exact) mass is 269 g/mol. The second kappa shape index (κ2) is 7.85. The fourth-order valence-electron chi connectivity index (χ4n) is 2.79. The van der Waals surface area contributed by atoms with E-state index >= 15 is 0 Å². The first-order valence-corrected chi connectivity index (χ1v) is 7.56. The Kier molecular flexibility index (Phi) is 6.80. The van der Waals surface area contributed by atoms with E-state index in [1.165, 1.54) is 0 Å². The summed E-state index contributed by atoms with van der Waals surface area (Å²) in [5.41, 5.74) is 0.306. The number of amides is 1. The zero-order valence-corrected chi connectivity index (χ0v) is 13.1. The van der Waals surface area contributed by atoms with Gasteiger partial charge in [0.2, 0.25) is 5.91 Å². The molecular weight excluding hydrogens is 238 g/mol. The molecule has 0 aromatic rings. The van der Waals surface area contributed by atoms with Crippen molar-refractivity contribution >= 4 is 5.91 Å². The molecule has 1 saturated heterocycles. The summed E-state index contributed by atoms with van der Waals surface area (Å²) in [7, 11) is 0. The molecule has 0 aromatic carbocycles. The van der Waals surface area contributed by atoms with Crippen LogP contribution >= 0.6 is 0 Å². The molecule has 0 radical (unpaired) electrons. The molecule has 0 aromatic heterocycles. The van der Waals surface area contributed by atoms with E-state index in [-0.39, 0.29) is 5.91 Å². The minimum Gasteiger partial charge on any atom is -0.355 e. The molecule has 112 valence electrons. The third-order valence-electron chi connectivity index (χ3n) is 3.45. The van der Waals surface area contributed by atoms with Crippen molar-refractivity contribution in [3.05, 3.63) is 0 Å². The molecule has 0 bridgehead atoms. The van der Waals surface area contributed by atoms with Crippen LogP contribution in [0.3, 0.4) is 0 Å². The molecule has 1 unspecified atom stereocenters. The van der Waals surface area contributed by atoms with E-state index in [1.54, 1.807) is 0 Å². The summed E-state index contributed by atoms with van der Waals surface area (Å²) in [5, 5.41) is 6.38. The minimum absolute atomic E-state index is 0.201. The van der Waals surface area contributed by atoms with E-state index < -0.39 is 0 Å². The van der Waals surface area contributed by atoms with Crippen molar-refractivity contribution in [2.75, 3.05) is 39.3 Å². The molecule has 19 heavy (non-hydrogen) atoms. The van der Waals surface area contributed by atoms with Gasteiger partial charge in [-0.15, -0.1) is 0 Å². The predicted octanol–water partition coefficient (Wildman–Crippen LogP) is 1.47. The van der Waals surface area contributed by atoms with Crippen LogP contribution < -0.4 is 10.6 Å². The van der Waals surface area contributed by atoms with Gasteiger partial charge < -0.3 is 10.6 Å². The third kappa shape index (κ3) is 8.22. The molecule has 1 fully saturated rings. The second-order valence-electron chi connectivity index (χ2n) is 7.02. The predicted molar refractivity (Wildman–Crippen MR) is 80.2 cm³/mol. The summed E-state index contributed by atoms with van der Waals surface area (Å²) in [4.78, 5) is 14.2. The van der Waals surface area contributed by atoms with Crippen molar-refractivity contribution in [1.29, 1.82) is 0 Å². The maximum Gasteiger partial charge on any atom is 0.220 e. The number of nitrogens with zero attached hydrogens (tertiary/aromatic N) is 1. The first kappa shape index (κ1) is 16.4. The lowest BCUT2D eigenvalue weighted by atomic mass is 9.84. The summed E-state index contributed by atoms with van der Waals surface area (Å²) in [6, 6.07) is 0. The molecule has 2 N–H and O–H groups in total. The smallest absolute Gasteiger partial charge is 0.220 e. The highest BCUT2D eigenvalue weighted by molar-refractivity contribution is 5.76. The van der Waals surface area contributed by atoms with E-state index in [9.17, 15) is 4.79 Å². The molecule has 4 heteroatoms. The van der Waals surface area contributed by atoms with Gasteiger partial charge >= 0.3 is 0 Å². The van der Waals surface area contributed by atoms with Gasteiger partial charge in [0, 0.05) is 45.7 Å². The molecule has 1 aliphatic heterocycles. The normalized spacial score (nSPS) is 19.2. The van der Waals surface area contributed by atoms with E-state index in [0.29, 0.717) is 17.8 Å². The first-order valence-electron chi connectivity index (χ1n) is 7.56. The van der Waals surface area contributed by atoms with Gasteiger partial charge in [0.25, 0.3) is 0 Å². The number of nitrogens with one attached hydrogen (secondary N) is 2. The maximum absolute atomic E-state index is 11.8. The molecule has 1 heterocycles. The largest absolute Gasteiger partial charge is 0.355 e. The molecule has 4 nitrogen and oxygen atoms in total. The Hall–Kier alpha value is -0.610. The number of hydrogen-bond acceptors (Lipinski definition) is 3. The molecule has 1 atom stereocenters. The summed E-state index contributed by atoms with van der Waals surface area (Å²) >= 11 is 0. The highest BCUT2D eigenvalue weighted by Gasteiger charge is 2.17. The highest BCUT2D eigenvalue weighted by atomic mass is 16.1. The Morgan fingerprint density at radius 2 is 1.95 bits per heavy atom. The molecule has 0 saturated carbocycles. The Morgan fingerprint density at radius 1 is 1.32 bits per heavy atom. The lowest BCUT2D eigenvalue weighted by Crippen LogP contribution is -2.46. The van der Waals surface area contributed by atoms with E-state index in [2.05, 4.69) is 43.2 Å². The van der Waals surface area contributed by atoms with Gasteiger partial charge in [0.05, 0.1) is 0 Å². The van der Waals surface area contributed by atoms with Crippen LogP contribution in [-0.4, -0.2) is 50.1 Å². The van der Waals surface area contributed by atoms with Crippen molar-refractivity contribution < 1.29 is 4.79 Å². The standard InChI is InChI=1S/C15H31N3O/c1-13(12-15(2,3)4)11-14(19)17-7-10-18-8-5-16-6-9-18/h13,16H,5-12H2,1-4H3,(H,17,19).